The van der Waals surface area contributed by atoms with Gasteiger partial charge in [0, 0.05) is 30.9 Å². The van der Waals surface area contributed by atoms with Crippen LogP contribution in [0, 0.1) is 10.1 Å². The molecule has 0 bridgehead atoms. The number of halogens is 3. The third kappa shape index (κ3) is 4.24. The topological polar surface area (TPSA) is 102 Å². The molecule has 0 aliphatic heterocycles. The summed E-state index contributed by atoms with van der Waals surface area (Å²) in [5.41, 5.74) is -5.66. The van der Waals surface area contributed by atoms with Crippen LogP contribution < -0.4 is 5.32 Å². The van der Waals surface area contributed by atoms with E-state index in [9.17, 15) is 31.7 Å². The van der Waals surface area contributed by atoms with Crippen LogP contribution in [-0.2, 0) is 16.3 Å². The fourth-order valence-corrected chi connectivity index (χ4v) is 2.77. The number of hydrogen-bond acceptors (Lipinski definition) is 6. The van der Waals surface area contributed by atoms with Crippen molar-refractivity contribution in [1.29, 1.82) is 0 Å². The first-order chi connectivity index (χ1) is 11.6. The van der Waals surface area contributed by atoms with E-state index in [0.717, 1.165) is 6.07 Å². The summed E-state index contributed by atoms with van der Waals surface area (Å²) < 4.78 is 60.4. The number of nitrogens with zero attached hydrogens (tertiary/aromatic N) is 2. The van der Waals surface area contributed by atoms with Gasteiger partial charge in [0.1, 0.15) is 5.69 Å². The Morgan fingerprint density at radius 3 is 2.48 bits per heavy atom. The Morgan fingerprint density at radius 2 is 1.92 bits per heavy atom. The van der Waals surface area contributed by atoms with Crippen molar-refractivity contribution in [2.24, 2.45) is 0 Å². The summed E-state index contributed by atoms with van der Waals surface area (Å²) in [5, 5.41) is 13.8. The number of anilines is 1. The Morgan fingerprint density at radius 1 is 1.20 bits per heavy atom. The molecule has 11 heteroatoms. The average molecular weight is 375 g/mol. The Kier molecular flexibility index (Phi) is 5.26. The summed E-state index contributed by atoms with van der Waals surface area (Å²) in [6, 6.07) is 7.25. The van der Waals surface area contributed by atoms with E-state index in [2.05, 4.69) is 10.3 Å². The second-order valence-electron chi connectivity index (χ2n) is 4.88. The summed E-state index contributed by atoms with van der Waals surface area (Å²) in [6.07, 6.45) is 2.00. The maximum Gasteiger partial charge on any atom is 0.501 e. The number of pyridine rings is 1. The predicted octanol–water partition coefficient (Wildman–Crippen LogP) is 2.94. The van der Waals surface area contributed by atoms with Crippen molar-refractivity contribution < 1.29 is 26.5 Å². The van der Waals surface area contributed by atoms with Crippen LogP contribution in [0.2, 0.25) is 0 Å². The predicted molar refractivity (Wildman–Crippen MR) is 82.8 cm³/mol. The Labute approximate surface area is 140 Å². The number of rotatable bonds is 6. The van der Waals surface area contributed by atoms with Crippen molar-refractivity contribution >= 4 is 21.2 Å². The summed E-state index contributed by atoms with van der Waals surface area (Å²) in [6.45, 7) is 0.225. The minimum atomic E-state index is -5.65. The van der Waals surface area contributed by atoms with Gasteiger partial charge in [-0.05, 0) is 24.3 Å². The van der Waals surface area contributed by atoms with Gasteiger partial charge in [0.05, 0.1) is 9.82 Å². The Balaban J connectivity index is 2.24. The fourth-order valence-electron chi connectivity index (χ4n) is 1.98. The van der Waals surface area contributed by atoms with Gasteiger partial charge in [-0.1, -0.05) is 6.07 Å². The highest BCUT2D eigenvalue weighted by Gasteiger charge is 2.47. The molecule has 1 aromatic heterocycles. The zero-order chi connectivity index (χ0) is 18.7. The van der Waals surface area contributed by atoms with E-state index >= 15 is 0 Å². The first-order valence-electron chi connectivity index (χ1n) is 6.86. The van der Waals surface area contributed by atoms with Gasteiger partial charge in [-0.25, -0.2) is 8.42 Å². The number of nitrogens with one attached hydrogen (secondary N) is 1. The molecule has 2 aromatic rings. The summed E-state index contributed by atoms with van der Waals surface area (Å²) in [5.74, 6) is 0. The van der Waals surface area contributed by atoms with E-state index in [1.807, 2.05) is 0 Å². The van der Waals surface area contributed by atoms with E-state index in [0.29, 0.717) is 24.2 Å². The normalized spacial score (nSPS) is 12.0. The second kappa shape index (κ2) is 7.05. The summed E-state index contributed by atoms with van der Waals surface area (Å²) in [7, 11) is -5.65. The molecule has 0 spiro atoms. The van der Waals surface area contributed by atoms with Crippen LogP contribution >= 0.6 is 0 Å². The lowest BCUT2D eigenvalue weighted by molar-refractivity contribution is -0.384. The van der Waals surface area contributed by atoms with Crippen molar-refractivity contribution in [3.8, 4) is 0 Å². The zero-order valence-corrected chi connectivity index (χ0v) is 13.3. The number of alkyl halides is 3. The van der Waals surface area contributed by atoms with Gasteiger partial charge in [-0.15, -0.1) is 0 Å². The molecule has 0 atom stereocenters. The largest absolute Gasteiger partial charge is 0.501 e. The van der Waals surface area contributed by atoms with Gasteiger partial charge in [0.25, 0.3) is 15.5 Å². The molecule has 25 heavy (non-hydrogen) atoms. The fraction of sp³-hybridized carbons (Fsp3) is 0.214. The van der Waals surface area contributed by atoms with Crippen LogP contribution in [0.1, 0.15) is 5.69 Å². The van der Waals surface area contributed by atoms with Gasteiger partial charge in [-0.3, -0.25) is 15.1 Å². The van der Waals surface area contributed by atoms with E-state index in [4.69, 9.17) is 0 Å². The van der Waals surface area contributed by atoms with Gasteiger partial charge in [0.15, 0.2) is 0 Å². The van der Waals surface area contributed by atoms with Crippen molar-refractivity contribution in [3.63, 3.8) is 0 Å². The number of nitro benzene ring substituents is 1. The molecule has 0 aliphatic rings. The second-order valence-corrected chi connectivity index (χ2v) is 6.82. The Hall–Kier alpha value is -2.69. The molecular weight excluding hydrogens is 363 g/mol. The van der Waals surface area contributed by atoms with Crippen LogP contribution in [0.3, 0.4) is 0 Å². The van der Waals surface area contributed by atoms with Crippen molar-refractivity contribution in [2.75, 3.05) is 11.9 Å². The summed E-state index contributed by atoms with van der Waals surface area (Å²) >= 11 is 0. The van der Waals surface area contributed by atoms with Gasteiger partial charge in [0.2, 0.25) is 0 Å². The number of hydrogen-bond donors (Lipinski definition) is 1. The van der Waals surface area contributed by atoms with E-state index in [1.165, 1.54) is 0 Å². The molecule has 0 saturated heterocycles. The molecule has 0 radical (unpaired) electrons. The number of nitro groups is 1. The lowest BCUT2D eigenvalue weighted by atomic mass is 10.2. The monoisotopic (exact) mass is 375 g/mol. The smallest absolute Gasteiger partial charge is 0.379 e. The van der Waals surface area contributed by atoms with Crippen LogP contribution in [0.5, 0.6) is 0 Å². The molecule has 0 unspecified atom stereocenters. The number of benzene rings is 1. The molecule has 0 fully saturated rings. The highest BCUT2D eigenvalue weighted by atomic mass is 32.2. The first kappa shape index (κ1) is 18.6. The van der Waals surface area contributed by atoms with Crippen LogP contribution in [-0.4, -0.2) is 30.4 Å². The molecule has 1 N–H and O–H groups in total. The molecule has 1 heterocycles. The highest BCUT2D eigenvalue weighted by molar-refractivity contribution is 7.92. The maximum absolute atomic E-state index is 12.6. The molecule has 2 rings (SSSR count). The Bertz CT molecular complexity index is 871. The van der Waals surface area contributed by atoms with Gasteiger partial charge >= 0.3 is 5.51 Å². The minimum Gasteiger partial charge on any atom is -0.379 e. The summed E-state index contributed by atoms with van der Waals surface area (Å²) in [4.78, 5) is 13.0. The third-order valence-corrected chi connectivity index (χ3v) is 4.69. The number of aromatic nitrogens is 1. The highest BCUT2D eigenvalue weighted by Crippen LogP contribution is 2.34. The molecular formula is C14H12F3N3O4S. The SMILES string of the molecule is O=[N+]([O-])c1cc(S(=O)(=O)C(F)(F)F)ccc1NCCc1ccccn1. The van der Waals surface area contributed by atoms with E-state index < -0.39 is 30.9 Å². The minimum absolute atomic E-state index is 0.0814. The maximum atomic E-state index is 12.6. The van der Waals surface area contributed by atoms with Crippen LogP contribution in [0.15, 0.2) is 47.5 Å². The quantitative estimate of drug-likeness (QED) is 0.615. The standard InChI is InChI=1S/C14H12F3N3O4S/c15-14(16,17)25(23,24)11-4-5-12(13(9-11)20(21)22)19-8-6-10-3-1-2-7-18-10/h1-5,7,9,19H,6,8H2. The third-order valence-electron chi connectivity index (χ3n) is 3.20. The molecule has 7 nitrogen and oxygen atoms in total. The molecule has 0 saturated carbocycles. The molecule has 0 amide bonds. The van der Waals surface area contributed by atoms with E-state index in [1.54, 1.807) is 24.4 Å². The van der Waals surface area contributed by atoms with Crippen LogP contribution in [0.25, 0.3) is 0 Å². The van der Waals surface area contributed by atoms with Crippen molar-refractivity contribution in [2.45, 2.75) is 16.8 Å². The molecule has 134 valence electrons. The van der Waals surface area contributed by atoms with Crippen LogP contribution in [0.4, 0.5) is 24.5 Å². The van der Waals surface area contributed by atoms with Crippen molar-refractivity contribution in [1.82, 2.24) is 4.98 Å². The number of sulfone groups is 1. The zero-order valence-electron chi connectivity index (χ0n) is 12.5. The molecule has 1 aromatic carbocycles. The first-order valence-corrected chi connectivity index (χ1v) is 8.35. The van der Waals surface area contributed by atoms with Crippen molar-refractivity contribution in [3.05, 3.63) is 58.4 Å². The lowest BCUT2D eigenvalue weighted by Crippen LogP contribution is -2.23. The van der Waals surface area contributed by atoms with E-state index in [-0.39, 0.29) is 12.2 Å². The molecule has 0 aliphatic carbocycles. The average Bonchev–Trinajstić information content (AvgIpc) is 2.54. The van der Waals surface area contributed by atoms with Gasteiger partial charge < -0.3 is 5.32 Å². The van der Waals surface area contributed by atoms with Gasteiger partial charge in [-0.2, -0.15) is 13.2 Å². The lowest BCUT2D eigenvalue weighted by Gasteiger charge is -2.10.